The SMILES string of the molecule is COCNC(=O)c1ncc(Cc2ccc(F)cc2)o1. The largest absolute Gasteiger partial charge is 0.437 e. The van der Waals surface area contributed by atoms with Crippen LogP contribution in [0.3, 0.4) is 0 Å². The molecule has 0 aliphatic heterocycles. The third-order valence-electron chi connectivity index (χ3n) is 2.42. The van der Waals surface area contributed by atoms with Crippen molar-refractivity contribution in [3.05, 3.63) is 53.5 Å². The van der Waals surface area contributed by atoms with Crippen LogP contribution in [-0.2, 0) is 11.2 Å². The van der Waals surface area contributed by atoms with E-state index in [-0.39, 0.29) is 18.4 Å². The molecule has 0 radical (unpaired) electrons. The van der Waals surface area contributed by atoms with Crippen molar-refractivity contribution in [2.45, 2.75) is 6.42 Å². The summed E-state index contributed by atoms with van der Waals surface area (Å²) in [7, 11) is 1.47. The molecule has 1 N–H and O–H groups in total. The Labute approximate surface area is 109 Å². The summed E-state index contributed by atoms with van der Waals surface area (Å²) in [4.78, 5) is 15.4. The number of nitrogens with one attached hydrogen (secondary N) is 1. The van der Waals surface area contributed by atoms with Gasteiger partial charge in [-0.25, -0.2) is 9.37 Å². The van der Waals surface area contributed by atoms with Gasteiger partial charge in [0, 0.05) is 13.5 Å². The highest BCUT2D eigenvalue weighted by Crippen LogP contribution is 2.11. The number of carbonyl (C=O) groups is 1. The van der Waals surface area contributed by atoms with Crippen LogP contribution < -0.4 is 5.32 Å². The Bertz CT molecular complexity index is 551. The van der Waals surface area contributed by atoms with Gasteiger partial charge in [-0.1, -0.05) is 12.1 Å². The van der Waals surface area contributed by atoms with Gasteiger partial charge < -0.3 is 14.5 Å². The molecule has 0 spiro atoms. The fourth-order valence-electron chi connectivity index (χ4n) is 1.51. The van der Waals surface area contributed by atoms with Crippen LogP contribution in [0.25, 0.3) is 0 Å². The Morgan fingerprint density at radius 1 is 1.42 bits per heavy atom. The zero-order chi connectivity index (χ0) is 13.7. The second kappa shape index (κ2) is 6.10. The zero-order valence-corrected chi connectivity index (χ0v) is 10.4. The smallest absolute Gasteiger partial charge is 0.308 e. The predicted octanol–water partition coefficient (Wildman–Crippen LogP) is 1.74. The summed E-state index contributed by atoms with van der Waals surface area (Å²) < 4.78 is 22.8. The van der Waals surface area contributed by atoms with E-state index in [0.717, 1.165) is 5.56 Å². The molecule has 1 amide bonds. The number of ether oxygens (including phenoxy) is 1. The summed E-state index contributed by atoms with van der Waals surface area (Å²) in [5.74, 6) is -0.212. The summed E-state index contributed by atoms with van der Waals surface area (Å²) in [6.07, 6.45) is 1.93. The first-order valence-electron chi connectivity index (χ1n) is 5.65. The molecule has 0 aliphatic rings. The fourth-order valence-corrected chi connectivity index (χ4v) is 1.51. The molecule has 0 fully saturated rings. The highest BCUT2D eigenvalue weighted by atomic mass is 19.1. The van der Waals surface area contributed by atoms with Gasteiger partial charge in [0.2, 0.25) is 0 Å². The van der Waals surface area contributed by atoms with E-state index in [2.05, 4.69) is 10.3 Å². The van der Waals surface area contributed by atoms with Gasteiger partial charge >= 0.3 is 5.91 Å². The molecule has 5 nitrogen and oxygen atoms in total. The molecule has 2 rings (SSSR count). The monoisotopic (exact) mass is 264 g/mol. The second-order valence-corrected chi connectivity index (χ2v) is 3.87. The number of halogens is 1. The molecule has 100 valence electrons. The molecule has 1 aromatic heterocycles. The zero-order valence-electron chi connectivity index (χ0n) is 10.4. The van der Waals surface area contributed by atoms with Gasteiger partial charge in [-0.3, -0.25) is 4.79 Å². The van der Waals surface area contributed by atoms with E-state index in [0.29, 0.717) is 12.2 Å². The van der Waals surface area contributed by atoms with Crippen LogP contribution >= 0.6 is 0 Å². The van der Waals surface area contributed by atoms with Gasteiger partial charge in [0.25, 0.3) is 5.89 Å². The van der Waals surface area contributed by atoms with Gasteiger partial charge in [-0.15, -0.1) is 0 Å². The number of rotatable bonds is 5. The van der Waals surface area contributed by atoms with E-state index in [9.17, 15) is 9.18 Å². The van der Waals surface area contributed by atoms with Crippen molar-refractivity contribution >= 4 is 5.91 Å². The summed E-state index contributed by atoms with van der Waals surface area (Å²) in [5.41, 5.74) is 0.876. The van der Waals surface area contributed by atoms with Crippen molar-refractivity contribution in [2.75, 3.05) is 13.8 Å². The number of benzene rings is 1. The van der Waals surface area contributed by atoms with Crippen molar-refractivity contribution < 1.29 is 18.3 Å². The van der Waals surface area contributed by atoms with Crippen molar-refractivity contribution in [2.24, 2.45) is 0 Å². The molecule has 19 heavy (non-hydrogen) atoms. The highest BCUT2D eigenvalue weighted by Gasteiger charge is 2.12. The molecule has 0 bridgehead atoms. The van der Waals surface area contributed by atoms with Crippen LogP contribution in [-0.4, -0.2) is 24.7 Å². The molecular formula is C13H13FN2O3. The molecule has 0 unspecified atom stereocenters. The molecule has 2 aromatic rings. The number of hydrogen-bond donors (Lipinski definition) is 1. The van der Waals surface area contributed by atoms with Crippen molar-refractivity contribution in [1.82, 2.24) is 10.3 Å². The average molecular weight is 264 g/mol. The van der Waals surface area contributed by atoms with Gasteiger partial charge in [0.05, 0.1) is 6.20 Å². The van der Waals surface area contributed by atoms with Crippen LogP contribution in [0.2, 0.25) is 0 Å². The molecule has 1 heterocycles. The maximum Gasteiger partial charge on any atom is 0.308 e. The van der Waals surface area contributed by atoms with Crippen LogP contribution in [0, 0.1) is 5.82 Å². The number of amides is 1. The Hall–Kier alpha value is -2.21. The Morgan fingerprint density at radius 2 is 2.16 bits per heavy atom. The number of aromatic nitrogens is 1. The Kier molecular flexibility index (Phi) is 4.25. The van der Waals surface area contributed by atoms with Gasteiger partial charge in [-0.05, 0) is 17.7 Å². The minimum Gasteiger partial charge on any atom is -0.437 e. The maximum atomic E-state index is 12.8. The molecule has 6 heteroatoms. The van der Waals surface area contributed by atoms with Gasteiger partial charge in [0.1, 0.15) is 18.3 Å². The van der Waals surface area contributed by atoms with E-state index in [1.807, 2.05) is 0 Å². The number of hydrogen-bond acceptors (Lipinski definition) is 4. The molecule has 0 saturated heterocycles. The number of carbonyl (C=O) groups excluding carboxylic acids is 1. The fraction of sp³-hybridized carbons (Fsp3) is 0.231. The van der Waals surface area contributed by atoms with E-state index in [1.165, 1.54) is 25.4 Å². The van der Waals surface area contributed by atoms with E-state index in [4.69, 9.17) is 9.15 Å². The predicted molar refractivity (Wildman–Crippen MR) is 65.1 cm³/mol. The Morgan fingerprint density at radius 3 is 2.84 bits per heavy atom. The summed E-state index contributed by atoms with van der Waals surface area (Å²) in [5, 5.41) is 2.47. The third-order valence-corrected chi connectivity index (χ3v) is 2.42. The van der Waals surface area contributed by atoms with E-state index in [1.54, 1.807) is 12.1 Å². The first-order chi connectivity index (χ1) is 9.19. The van der Waals surface area contributed by atoms with Crippen molar-refractivity contribution in [1.29, 1.82) is 0 Å². The van der Waals surface area contributed by atoms with E-state index < -0.39 is 5.91 Å². The minimum absolute atomic E-state index is 0.0193. The normalized spacial score (nSPS) is 10.4. The molecular weight excluding hydrogens is 251 g/mol. The molecule has 1 aromatic carbocycles. The third kappa shape index (κ3) is 3.62. The number of oxazole rings is 1. The first kappa shape index (κ1) is 13.2. The van der Waals surface area contributed by atoms with Crippen molar-refractivity contribution in [3.63, 3.8) is 0 Å². The average Bonchev–Trinajstić information content (AvgIpc) is 2.87. The van der Waals surface area contributed by atoms with Crippen molar-refractivity contribution in [3.8, 4) is 0 Å². The van der Waals surface area contributed by atoms with Gasteiger partial charge in [-0.2, -0.15) is 0 Å². The topological polar surface area (TPSA) is 64.4 Å². The number of nitrogens with zero attached hydrogens (tertiary/aromatic N) is 1. The number of methoxy groups -OCH3 is 1. The first-order valence-corrected chi connectivity index (χ1v) is 5.65. The summed E-state index contributed by atoms with van der Waals surface area (Å²) >= 11 is 0. The van der Waals surface area contributed by atoms with Crippen LogP contribution in [0.15, 0.2) is 34.9 Å². The van der Waals surface area contributed by atoms with Crippen LogP contribution in [0.1, 0.15) is 22.0 Å². The Balaban J connectivity index is 2.01. The lowest BCUT2D eigenvalue weighted by Gasteiger charge is -1.99. The molecule has 0 saturated carbocycles. The molecule has 0 aliphatic carbocycles. The summed E-state index contributed by atoms with van der Waals surface area (Å²) in [6.45, 7) is 0.0918. The standard InChI is InChI=1S/C13H13FN2O3/c1-18-8-16-12(17)13-15-7-11(19-13)6-9-2-4-10(14)5-3-9/h2-5,7H,6,8H2,1H3,(H,16,17). The molecule has 0 atom stereocenters. The highest BCUT2D eigenvalue weighted by molar-refractivity contribution is 5.89. The van der Waals surface area contributed by atoms with Gasteiger partial charge in [0.15, 0.2) is 0 Å². The van der Waals surface area contributed by atoms with Crippen LogP contribution in [0.5, 0.6) is 0 Å². The lowest BCUT2D eigenvalue weighted by atomic mass is 10.1. The van der Waals surface area contributed by atoms with Crippen LogP contribution in [0.4, 0.5) is 4.39 Å². The maximum absolute atomic E-state index is 12.8. The second-order valence-electron chi connectivity index (χ2n) is 3.87. The quantitative estimate of drug-likeness (QED) is 0.835. The lowest BCUT2D eigenvalue weighted by molar-refractivity contribution is 0.0836. The lowest BCUT2D eigenvalue weighted by Crippen LogP contribution is -2.25. The summed E-state index contributed by atoms with van der Waals surface area (Å²) in [6, 6.07) is 6.06. The minimum atomic E-state index is -0.438. The van der Waals surface area contributed by atoms with E-state index >= 15 is 0 Å².